The molecule has 1 aliphatic rings. The standard InChI is InChI=1S/C15H9BrCl2FN3O2S2/c1-22-12(15(23)20-7-2-3-10(19)8(17)4-7)6-11(21-26(22)24)13-5-9(18)14(16)25-13/h2-6H,1H3,(H,20,23). The summed E-state index contributed by atoms with van der Waals surface area (Å²) in [5.41, 5.74) is 0.822. The lowest BCUT2D eigenvalue weighted by Crippen LogP contribution is -2.32. The average molecular weight is 497 g/mol. The highest BCUT2D eigenvalue weighted by Gasteiger charge is 2.26. The molecule has 0 saturated heterocycles. The van der Waals surface area contributed by atoms with Gasteiger partial charge in [-0.3, -0.25) is 9.10 Å². The van der Waals surface area contributed by atoms with Crippen molar-refractivity contribution in [3.05, 3.63) is 60.6 Å². The lowest BCUT2D eigenvalue weighted by atomic mass is 10.2. The number of halogens is 4. The van der Waals surface area contributed by atoms with Crippen LogP contribution in [0.15, 0.2) is 44.2 Å². The summed E-state index contributed by atoms with van der Waals surface area (Å²) in [4.78, 5) is 13.3. The number of nitrogens with zero attached hydrogens (tertiary/aromatic N) is 2. The SMILES string of the molecule is CN1C(C(=O)Nc2ccc(F)c(Cl)c2)=CC(c2cc(Cl)c(Br)s2)=NS1=O. The third-order valence-corrected chi connectivity index (χ3v) is 7.14. The average Bonchev–Trinajstić information content (AvgIpc) is 2.92. The first-order chi connectivity index (χ1) is 12.3. The molecule has 1 unspecified atom stereocenters. The second-order valence-electron chi connectivity index (χ2n) is 5.05. The van der Waals surface area contributed by atoms with E-state index in [4.69, 9.17) is 23.2 Å². The zero-order valence-corrected chi connectivity index (χ0v) is 17.7. The van der Waals surface area contributed by atoms with Crippen LogP contribution in [0.4, 0.5) is 10.1 Å². The first-order valence-electron chi connectivity index (χ1n) is 6.94. The van der Waals surface area contributed by atoms with Crippen LogP contribution >= 0.6 is 50.5 Å². The van der Waals surface area contributed by atoms with E-state index in [9.17, 15) is 13.4 Å². The number of anilines is 1. The van der Waals surface area contributed by atoms with Gasteiger partial charge in [-0.25, -0.2) is 8.60 Å². The predicted molar refractivity (Wildman–Crippen MR) is 108 cm³/mol. The minimum absolute atomic E-state index is 0.113. The van der Waals surface area contributed by atoms with Crippen LogP contribution in [0.5, 0.6) is 0 Å². The summed E-state index contributed by atoms with van der Waals surface area (Å²) in [7, 11) is 1.48. The van der Waals surface area contributed by atoms with Crippen molar-refractivity contribution in [2.24, 2.45) is 4.40 Å². The van der Waals surface area contributed by atoms with Gasteiger partial charge >= 0.3 is 0 Å². The summed E-state index contributed by atoms with van der Waals surface area (Å²) >= 11 is 14.6. The molecule has 1 aromatic carbocycles. The van der Waals surface area contributed by atoms with Crippen LogP contribution in [0.1, 0.15) is 4.88 Å². The van der Waals surface area contributed by atoms with E-state index in [0.717, 1.165) is 6.07 Å². The van der Waals surface area contributed by atoms with Crippen molar-refractivity contribution in [3.63, 3.8) is 0 Å². The molecule has 1 N–H and O–H groups in total. The molecule has 1 atom stereocenters. The van der Waals surface area contributed by atoms with E-state index < -0.39 is 22.9 Å². The first-order valence-corrected chi connectivity index (χ1v) is 10.4. The zero-order valence-electron chi connectivity index (χ0n) is 12.9. The highest BCUT2D eigenvalue weighted by molar-refractivity contribution is 9.11. The van der Waals surface area contributed by atoms with Crippen LogP contribution in [-0.2, 0) is 16.0 Å². The Labute approximate surface area is 173 Å². The van der Waals surface area contributed by atoms with Crippen molar-refractivity contribution in [3.8, 4) is 0 Å². The quantitative estimate of drug-likeness (QED) is 0.663. The van der Waals surface area contributed by atoms with E-state index in [2.05, 4.69) is 25.6 Å². The fourth-order valence-electron chi connectivity index (χ4n) is 2.04. The number of likely N-dealkylation sites (N-methyl/N-ethyl adjacent to an activating group) is 1. The smallest absolute Gasteiger partial charge is 0.272 e. The molecule has 0 radical (unpaired) electrons. The second kappa shape index (κ2) is 7.77. The molecule has 5 nitrogen and oxygen atoms in total. The summed E-state index contributed by atoms with van der Waals surface area (Å²) in [6.07, 6.45) is 1.51. The Bertz CT molecular complexity index is 974. The monoisotopic (exact) mass is 495 g/mol. The lowest BCUT2D eigenvalue weighted by Gasteiger charge is -2.22. The second-order valence-corrected chi connectivity index (χ2v) is 9.43. The molecule has 3 rings (SSSR count). The van der Waals surface area contributed by atoms with Gasteiger partial charge in [-0.15, -0.1) is 11.3 Å². The number of allylic oxidation sites excluding steroid dienone is 1. The van der Waals surface area contributed by atoms with Gasteiger partial charge in [-0.2, -0.15) is 4.40 Å². The fraction of sp³-hybridized carbons (Fsp3) is 0.0667. The van der Waals surface area contributed by atoms with Gasteiger partial charge < -0.3 is 5.32 Å². The van der Waals surface area contributed by atoms with E-state index in [0.29, 0.717) is 25.1 Å². The number of hydrogen-bond donors (Lipinski definition) is 1. The summed E-state index contributed by atoms with van der Waals surface area (Å²) in [5, 5.41) is 2.98. The van der Waals surface area contributed by atoms with E-state index in [1.165, 1.54) is 40.9 Å². The number of hydrogen-bond acceptors (Lipinski definition) is 3. The van der Waals surface area contributed by atoms with Crippen LogP contribution in [0.25, 0.3) is 0 Å². The first kappa shape index (κ1) is 19.5. The molecule has 1 aliphatic heterocycles. The van der Waals surface area contributed by atoms with Crippen molar-refractivity contribution < 1.29 is 13.4 Å². The largest absolute Gasteiger partial charge is 0.321 e. The molecule has 0 spiro atoms. The van der Waals surface area contributed by atoms with Gasteiger partial charge in [-0.1, -0.05) is 23.2 Å². The summed E-state index contributed by atoms with van der Waals surface area (Å²) in [6.45, 7) is 0. The highest BCUT2D eigenvalue weighted by atomic mass is 79.9. The van der Waals surface area contributed by atoms with E-state index in [-0.39, 0.29) is 10.7 Å². The Kier molecular flexibility index (Phi) is 5.83. The number of rotatable bonds is 3. The molecule has 0 saturated carbocycles. The van der Waals surface area contributed by atoms with E-state index in [1.54, 1.807) is 6.07 Å². The van der Waals surface area contributed by atoms with Gasteiger partial charge in [0, 0.05) is 12.7 Å². The Morgan fingerprint density at radius 3 is 2.69 bits per heavy atom. The van der Waals surface area contributed by atoms with Crippen molar-refractivity contribution in [1.82, 2.24) is 4.31 Å². The zero-order chi connectivity index (χ0) is 19.0. The number of carbonyl (C=O) groups excluding carboxylic acids is 1. The van der Waals surface area contributed by atoms with E-state index >= 15 is 0 Å². The van der Waals surface area contributed by atoms with Crippen LogP contribution < -0.4 is 5.32 Å². The number of amides is 1. The topological polar surface area (TPSA) is 61.8 Å². The minimum Gasteiger partial charge on any atom is -0.321 e. The Hall–Kier alpha value is -1.26. The van der Waals surface area contributed by atoms with Gasteiger partial charge in [0.2, 0.25) is 11.2 Å². The maximum atomic E-state index is 13.2. The molecular formula is C15H9BrCl2FN3O2S2. The van der Waals surface area contributed by atoms with Crippen molar-refractivity contribution in [2.45, 2.75) is 0 Å². The van der Waals surface area contributed by atoms with E-state index in [1.807, 2.05) is 0 Å². The fourth-order valence-corrected chi connectivity index (χ4v) is 4.69. The van der Waals surface area contributed by atoms with Crippen LogP contribution in [0, 0.1) is 5.82 Å². The molecule has 1 amide bonds. The van der Waals surface area contributed by atoms with Crippen molar-refractivity contribution >= 4 is 78.9 Å². The predicted octanol–water partition coefficient (Wildman–Crippen LogP) is 4.79. The molecule has 2 heterocycles. The molecule has 0 bridgehead atoms. The van der Waals surface area contributed by atoms with Crippen LogP contribution in [0.3, 0.4) is 0 Å². The van der Waals surface area contributed by atoms with Gasteiger partial charge in [0.05, 0.1) is 24.4 Å². The Morgan fingerprint density at radius 1 is 1.35 bits per heavy atom. The molecular weight excluding hydrogens is 488 g/mol. The number of benzene rings is 1. The minimum atomic E-state index is -1.78. The van der Waals surface area contributed by atoms with Gasteiger partial charge in [0.25, 0.3) is 5.91 Å². The third-order valence-electron chi connectivity index (χ3n) is 3.33. The van der Waals surface area contributed by atoms with Crippen LogP contribution in [0.2, 0.25) is 10.0 Å². The van der Waals surface area contributed by atoms with Crippen molar-refractivity contribution in [1.29, 1.82) is 0 Å². The summed E-state index contributed by atoms with van der Waals surface area (Å²) in [5.74, 6) is -1.12. The normalized spacial score (nSPS) is 17.0. The number of thiophene rings is 1. The molecule has 0 fully saturated rings. The Morgan fingerprint density at radius 2 is 2.08 bits per heavy atom. The number of nitrogens with one attached hydrogen (secondary N) is 1. The molecule has 2 aromatic rings. The van der Waals surface area contributed by atoms with Gasteiger partial charge in [0.1, 0.15) is 11.5 Å². The molecule has 26 heavy (non-hydrogen) atoms. The van der Waals surface area contributed by atoms with Crippen molar-refractivity contribution in [2.75, 3.05) is 12.4 Å². The molecule has 1 aromatic heterocycles. The number of carbonyl (C=O) groups is 1. The van der Waals surface area contributed by atoms with Gasteiger partial charge in [0.15, 0.2) is 0 Å². The van der Waals surface area contributed by atoms with Gasteiger partial charge in [-0.05, 0) is 46.3 Å². The lowest BCUT2D eigenvalue weighted by molar-refractivity contribution is -0.113. The molecule has 136 valence electrons. The molecule has 11 heteroatoms. The Balaban J connectivity index is 1.91. The molecule has 0 aliphatic carbocycles. The highest BCUT2D eigenvalue weighted by Crippen LogP contribution is 2.33. The van der Waals surface area contributed by atoms with Crippen LogP contribution in [-0.4, -0.2) is 27.2 Å². The summed E-state index contributed by atoms with van der Waals surface area (Å²) in [6, 6.07) is 5.49. The maximum Gasteiger partial charge on any atom is 0.272 e. The maximum absolute atomic E-state index is 13.2. The third kappa shape index (κ3) is 4.01. The summed E-state index contributed by atoms with van der Waals surface area (Å²) < 4.78 is 31.5.